The van der Waals surface area contributed by atoms with E-state index in [1.54, 1.807) is 25.1 Å². The number of carbonyl (C=O) groups is 2. The predicted molar refractivity (Wildman–Crippen MR) is 76.1 cm³/mol. The van der Waals surface area contributed by atoms with Gasteiger partial charge in [0.05, 0.1) is 11.6 Å². The second kappa shape index (κ2) is 6.33. The minimum Gasteiger partial charge on any atom is -0.479 e. The molecule has 0 bridgehead atoms. The topological polar surface area (TPSA) is 58.6 Å². The fourth-order valence-electron chi connectivity index (χ4n) is 1.90. The fourth-order valence-corrected chi connectivity index (χ4v) is 2.35. The SMILES string of the molecule is CC(Oc1ccc(Cl)cc1Cl)C(=O)N1CCNC(=O)C1. The van der Waals surface area contributed by atoms with Crippen molar-refractivity contribution < 1.29 is 14.3 Å². The van der Waals surface area contributed by atoms with Crippen molar-refractivity contribution >= 4 is 35.0 Å². The van der Waals surface area contributed by atoms with E-state index in [2.05, 4.69) is 5.32 Å². The summed E-state index contributed by atoms with van der Waals surface area (Å²) < 4.78 is 5.54. The maximum atomic E-state index is 12.2. The number of amides is 2. The number of carbonyl (C=O) groups excluding carboxylic acids is 2. The summed E-state index contributed by atoms with van der Waals surface area (Å²) in [6.45, 7) is 2.62. The maximum absolute atomic E-state index is 12.2. The lowest BCUT2D eigenvalue weighted by Gasteiger charge is -2.29. The van der Waals surface area contributed by atoms with Gasteiger partial charge in [-0.25, -0.2) is 0 Å². The number of hydrogen-bond acceptors (Lipinski definition) is 3. The molecule has 2 rings (SSSR count). The number of rotatable bonds is 3. The van der Waals surface area contributed by atoms with Gasteiger partial charge in [-0.15, -0.1) is 0 Å². The number of benzene rings is 1. The summed E-state index contributed by atoms with van der Waals surface area (Å²) in [5.74, 6) is -0.0226. The van der Waals surface area contributed by atoms with Gasteiger partial charge in [-0.2, -0.15) is 0 Å². The van der Waals surface area contributed by atoms with Crippen LogP contribution in [0.1, 0.15) is 6.92 Å². The highest BCUT2D eigenvalue weighted by molar-refractivity contribution is 6.35. The Morgan fingerprint density at radius 2 is 2.20 bits per heavy atom. The molecule has 1 aliphatic rings. The molecule has 1 aromatic carbocycles. The third-order valence-corrected chi connectivity index (χ3v) is 3.43. The van der Waals surface area contributed by atoms with Crippen LogP contribution in [0.4, 0.5) is 0 Å². The first-order valence-corrected chi connectivity index (χ1v) is 6.90. The van der Waals surface area contributed by atoms with Crippen molar-refractivity contribution in [2.24, 2.45) is 0 Å². The van der Waals surface area contributed by atoms with Crippen molar-refractivity contribution in [1.82, 2.24) is 10.2 Å². The molecule has 0 saturated carbocycles. The lowest BCUT2D eigenvalue weighted by molar-refractivity contribution is -0.143. The molecule has 0 radical (unpaired) electrons. The Morgan fingerprint density at radius 1 is 1.45 bits per heavy atom. The zero-order valence-corrected chi connectivity index (χ0v) is 12.4. The van der Waals surface area contributed by atoms with E-state index in [4.69, 9.17) is 27.9 Å². The van der Waals surface area contributed by atoms with Crippen LogP contribution in [0.15, 0.2) is 18.2 Å². The summed E-state index contributed by atoms with van der Waals surface area (Å²) in [6.07, 6.45) is -0.723. The summed E-state index contributed by atoms with van der Waals surface area (Å²) in [6, 6.07) is 4.79. The molecule has 1 atom stereocenters. The van der Waals surface area contributed by atoms with E-state index in [-0.39, 0.29) is 18.4 Å². The molecule has 0 spiro atoms. The number of nitrogens with one attached hydrogen (secondary N) is 1. The van der Waals surface area contributed by atoms with Crippen LogP contribution in [-0.4, -0.2) is 42.5 Å². The first-order chi connectivity index (χ1) is 9.47. The minimum absolute atomic E-state index is 0.0564. The highest BCUT2D eigenvalue weighted by atomic mass is 35.5. The summed E-state index contributed by atoms with van der Waals surface area (Å²) >= 11 is 11.8. The van der Waals surface area contributed by atoms with Gasteiger partial charge < -0.3 is 15.0 Å². The number of hydrogen-bond donors (Lipinski definition) is 1. The van der Waals surface area contributed by atoms with Gasteiger partial charge in [0.15, 0.2) is 6.10 Å². The Balaban J connectivity index is 2.01. The summed E-state index contributed by atoms with van der Waals surface area (Å²) in [5, 5.41) is 3.50. The van der Waals surface area contributed by atoms with E-state index in [0.717, 1.165) is 0 Å². The van der Waals surface area contributed by atoms with Crippen LogP contribution in [0.5, 0.6) is 5.75 Å². The van der Waals surface area contributed by atoms with Gasteiger partial charge in [-0.1, -0.05) is 23.2 Å². The van der Waals surface area contributed by atoms with Gasteiger partial charge in [-0.3, -0.25) is 9.59 Å². The van der Waals surface area contributed by atoms with Crippen LogP contribution in [0.3, 0.4) is 0 Å². The van der Waals surface area contributed by atoms with Gasteiger partial charge in [-0.05, 0) is 25.1 Å². The molecule has 1 N–H and O–H groups in total. The maximum Gasteiger partial charge on any atom is 0.263 e. The van der Waals surface area contributed by atoms with E-state index in [9.17, 15) is 9.59 Å². The summed E-state index contributed by atoms with van der Waals surface area (Å²) in [5.41, 5.74) is 0. The van der Waals surface area contributed by atoms with Crippen LogP contribution in [0, 0.1) is 0 Å². The molecule has 108 valence electrons. The molecule has 1 aliphatic heterocycles. The molecular weight excluding hydrogens is 303 g/mol. The third kappa shape index (κ3) is 3.55. The van der Waals surface area contributed by atoms with Crippen molar-refractivity contribution in [1.29, 1.82) is 0 Å². The monoisotopic (exact) mass is 316 g/mol. The molecule has 1 unspecified atom stereocenters. The molecule has 2 amide bonds. The van der Waals surface area contributed by atoms with Crippen molar-refractivity contribution in [2.45, 2.75) is 13.0 Å². The molecule has 1 aromatic rings. The Morgan fingerprint density at radius 3 is 2.85 bits per heavy atom. The molecule has 1 saturated heterocycles. The standard InChI is InChI=1S/C13H14Cl2N2O3/c1-8(13(19)17-5-4-16-12(18)7-17)20-11-3-2-9(14)6-10(11)15/h2-3,6,8H,4-5,7H2,1H3,(H,16,18). The molecule has 0 aliphatic carbocycles. The van der Waals surface area contributed by atoms with Crippen molar-refractivity contribution in [3.05, 3.63) is 28.2 Å². The molecule has 1 fully saturated rings. The van der Waals surface area contributed by atoms with E-state index in [1.165, 1.54) is 4.90 Å². The molecular formula is C13H14Cl2N2O3. The second-order valence-electron chi connectivity index (χ2n) is 4.44. The first-order valence-electron chi connectivity index (χ1n) is 6.14. The van der Waals surface area contributed by atoms with Crippen molar-refractivity contribution in [2.75, 3.05) is 19.6 Å². The molecule has 0 aromatic heterocycles. The van der Waals surface area contributed by atoms with Gasteiger partial charge in [0.1, 0.15) is 5.75 Å². The highest BCUT2D eigenvalue weighted by Crippen LogP contribution is 2.28. The van der Waals surface area contributed by atoms with Crippen LogP contribution < -0.4 is 10.1 Å². The predicted octanol–water partition coefficient (Wildman–Crippen LogP) is 1.72. The average Bonchev–Trinajstić information content (AvgIpc) is 2.41. The van der Waals surface area contributed by atoms with Gasteiger partial charge in [0.25, 0.3) is 5.91 Å². The molecule has 5 nitrogen and oxygen atoms in total. The van der Waals surface area contributed by atoms with Crippen LogP contribution in [0.25, 0.3) is 0 Å². The van der Waals surface area contributed by atoms with E-state index in [1.807, 2.05) is 0 Å². The Hall–Kier alpha value is -1.46. The Kier molecular flexibility index (Phi) is 4.73. The van der Waals surface area contributed by atoms with Crippen LogP contribution in [0.2, 0.25) is 10.0 Å². The number of nitrogens with zero attached hydrogens (tertiary/aromatic N) is 1. The summed E-state index contributed by atoms with van der Waals surface area (Å²) in [4.78, 5) is 24.9. The Labute approximate surface area is 126 Å². The van der Waals surface area contributed by atoms with Gasteiger partial charge in [0, 0.05) is 18.1 Å². The first kappa shape index (κ1) is 14.9. The number of piperazine rings is 1. The molecule has 1 heterocycles. The van der Waals surface area contributed by atoms with E-state index >= 15 is 0 Å². The third-order valence-electron chi connectivity index (χ3n) is 2.90. The van der Waals surface area contributed by atoms with Crippen LogP contribution in [-0.2, 0) is 9.59 Å². The molecule has 7 heteroatoms. The smallest absolute Gasteiger partial charge is 0.263 e. The highest BCUT2D eigenvalue weighted by Gasteiger charge is 2.26. The number of ether oxygens (including phenoxy) is 1. The normalized spacial score (nSPS) is 16.6. The quantitative estimate of drug-likeness (QED) is 0.923. The lowest BCUT2D eigenvalue weighted by Crippen LogP contribution is -2.53. The zero-order valence-electron chi connectivity index (χ0n) is 10.9. The minimum atomic E-state index is -0.723. The lowest BCUT2D eigenvalue weighted by atomic mass is 10.2. The van der Waals surface area contributed by atoms with Crippen molar-refractivity contribution in [3.63, 3.8) is 0 Å². The van der Waals surface area contributed by atoms with Crippen molar-refractivity contribution in [3.8, 4) is 5.75 Å². The fraction of sp³-hybridized carbons (Fsp3) is 0.385. The van der Waals surface area contributed by atoms with E-state index in [0.29, 0.717) is 28.9 Å². The Bertz CT molecular complexity index is 536. The largest absolute Gasteiger partial charge is 0.479 e. The van der Waals surface area contributed by atoms with Crippen LogP contribution >= 0.6 is 23.2 Å². The molecule has 20 heavy (non-hydrogen) atoms. The zero-order chi connectivity index (χ0) is 14.7. The van der Waals surface area contributed by atoms with E-state index < -0.39 is 6.10 Å². The number of halogens is 2. The van der Waals surface area contributed by atoms with Gasteiger partial charge >= 0.3 is 0 Å². The second-order valence-corrected chi connectivity index (χ2v) is 5.29. The average molecular weight is 317 g/mol. The summed E-state index contributed by atoms with van der Waals surface area (Å²) in [7, 11) is 0. The van der Waals surface area contributed by atoms with Gasteiger partial charge in [0.2, 0.25) is 5.91 Å².